The minimum absolute atomic E-state index is 0.240. The SMILES string of the molecule is C[C@](O)(c1ccc2ncc(-c3cncc(N[C@@H]4CCCNC4)n3)n2c1)C(F)(F)F. The molecule has 1 aliphatic heterocycles. The second kappa shape index (κ2) is 7.27. The lowest BCUT2D eigenvalue weighted by Gasteiger charge is -2.26. The molecule has 0 aromatic carbocycles. The number of anilines is 1. The van der Waals surface area contributed by atoms with E-state index in [4.69, 9.17) is 0 Å². The van der Waals surface area contributed by atoms with Crippen molar-refractivity contribution in [2.75, 3.05) is 18.4 Å². The number of hydrogen-bond acceptors (Lipinski definition) is 6. The van der Waals surface area contributed by atoms with Crippen LogP contribution in [0.5, 0.6) is 0 Å². The molecule has 0 bridgehead atoms. The fourth-order valence-electron chi connectivity index (χ4n) is 3.36. The van der Waals surface area contributed by atoms with Crippen LogP contribution >= 0.6 is 0 Å². The highest BCUT2D eigenvalue weighted by Crippen LogP contribution is 2.38. The highest BCUT2D eigenvalue weighted by Gasteiger charge is 2.51. The fourth-order valence-corrected chi connectivity index (χ4v) is 3.36. The Labute approximate surface area is 165 Å². The first kappa shape index (κ1) is 19.6. The number of fused-ring (bicyclic) bond motifs is 1. The summed E-state index contributed by atoms with van der Waals surface area (Å²) < 4.78 is 41.2. The van der Waals surface area contributed by atoms with Gasteiger partial charge in [-0.25, -0.2) is 9.97 Å². The molecule has 0 amide bonds. The maximum Gasteiger partial charge on any atom is 0.421 e. The number of hydrogen-bond donors (Lipinski definition) is 3. The van der Waals surface area contributed by atoms with E-state index in [0.717, 1.165) is 32.9 Å². The Morgan fingerprint density at radius 3 is 2.79 bits per heavy atom. The molecule has 1 aliphatic rings. The van der Waals surface area contributed by atoms with Gasteiger partial charge in [0.2, 0.25) is 0 Å². The molecule has 154 valence electrons. The summed E-state index contributed by atoms with van der Waals surface area (Å²) in [6.07, 6.45) is 3.18. The quantitative estimate of drug-likeness (QED) is 0.618. The smallest absolute Gasteiger partial charge is 0.376 e. The van der Waals surface area contributed by atoms with Gasteiger partial charge in [0.05, 0.1) is 24.3 Å². The number of aromatic nitrogens is 4. The Kier molecular flexibility index (Phi) is 4.91. The summed E-state index contributed by atoms with van der Waals surface area (Å²) in [5.74, 6) is 0.588. The first-order valence-electron chi connectivity index (χ1n) is 9.32. The van der Waals surface area contributed by atoms with Crippen molar-refractivity contribution in [3.8, 4) is 11.4 Å². The van der Waals surface area contributed by atoms with Gasteiger partial charge in [0.25, 0.3) is 0 Å². The molecule has 7 nitrogen and oxygen atoms in total. The molecule has 4 rings (SSSR count). The van der Waals surface area contributed by atoms with Gasteiger partial charge in [-0.1, -0.05) is 6.07 Å². The molecule has 10 heteroatoms. The molecule has 3 N–H and O–H groups in total. The summed E-state index contributed by atoms with van der Waals surface area (Å²) in [6, 6.07) is 2.89. The molecule has 0 saturated carbocycles. The molecule has 3 aromatic heterocycles. The maximum atomic E-state index is 13.2. The molecule has 4 heterocycles. The zero-order valence-electron chi connectivity index (χ0n) is 15.7. The number of aliphatic hydroxyl groups is 1. The van der Waals surface area contributed by atoms with Crippen molar-refractivity contribution >= 4 is 11.5 Å². The van der Waals surface area contributed by atoms with Crippen molar-refractivity contribution in [2.45, 2.75) is 37.6 Å². The molecule has 0 spiro atoms. The van der Waals surface area contributed by atoms with E-state index >= 15 is 0 Å². The molecule has 3 aromatic rings. The van der Waals surface area contributed by atoms with Crippen molar-refractivity contribution in [2.24, 2.45) is 0 Å². The highest BCUT2D eigenvalue weighted by atomic mass is 19.4. The van der Waals surface area contributed by atoms with Crippen LogP contribution in [-0.2, 0) is 5.60 Å². The number of nitrogens with zero attached hydrogens (tertiary/aromatic N) is 4. The largest absolute Gasteiger partial charge is 0.421 e. The second-order valence-electron chi connectivity index (χ2n) is 7.34. The number of halogens is 3. The Balaban J connectivity index is 1.69. The number of alkyl halides is 3. The minimum atomic E-state index is -4.81. The predicted molar refractivity (Wildman–Crippen MR) is 101 cm³/mol. The minimum Gasteiger partial charge on any atom is -0.376 e. The molecule has 29 heavy (non-hydrogen) atoms. The zero-order chi connectivity index (χ0) is 20.6. The molecule has 2 atom stereocenters. The number of pyridine rings is 1. The lowest BCUT2D eigenvalue weighted by molar-refractivity contribution is -0.259. The monoisotopic (exact) mass is 406 g/mol. The lowest BCUT2D eigenvalue weighted by Crippen LogP contribution is -2.39. The lowest BCUT2D eigenvalue weighted by atomic mass is 9.97. The van der Waals surface area contributed by atoms with E-state index in [2.05, 4.69) is 25.6 Å². The Hall–Kier alpha value is -2.72. The van der Waals surface area contributed by atoms with Gasteiger partial charge in [0.1, 0.15) is 17.2 Å². The molecule has 0 aliphatic carbocycles. The summed E-state index contributed by atoms with van der Waals surface area (Å²) >= 11 is 0. The van der Waals surface area contributed by atoms with Gasteiger partial charge in [0, 0.05) is 24.3 Å². The van der Waals surface area contributed by atoms with Gasteiger partial charge in [-0.05, 0) is 32.4 Å². The van der Waals surface area contributed by atoms with Crippen molar-refractivity contribution in [1.29, 1.82) is 0 Å². The fraction of sp³-hybridized carbons (Fsp3) is 0.421. The van der Waals surface area contributed by atoms with E-state index in [9.17, 15) is 18.3 Å². The van der Waals surface area contributed by atoms with E-state index in [-0.39, 0.29) is 11.6 Å². The van der Waals surface area contributed by atoms with Gasteiger partial charge < -0.3 is 15.7 Å². The van der Waals surface area contributed by atoms with Crippen LogP contribution in [0.2, 0.25) is 0 Å². The summed E-state index contributed by atoms with van der Waals surface area (Å²) in [5, 5.41) is 16.7. The molecule has 0 unspecified atom stereocenters. The topological polar surface area (TPSA) is 87.4 Å². The van der Waals surface area contributed by atoms with Crippen LogP contribution in [-0.4, -0.2) is 49.8 Å². The molecule has 1 saturated heterocycles. The average molecular weight is 406 g/mol. The Bertz CT molecular complexity index is 1010. The van der Waals surface area contributed by atoms with E-state index < -0.39 is 11.8 Å². The van der Waals surface area contributed by atoms with Crippen LogP contribution in [0.25, 0.3) is 17.0 Å². The van der Waals surface area contributed by atoms with Crippen LogP contribution in [0.4, 0.5) is 19.0 Å². The third-order valence-corrected chi connectivity index (χ3v) is 5.17. The first-order valence-corrected chi connectivity index (χ1v) is 9.32. The number of rotatable bonds is 4. The van der Waals surface area contributed by atoms with Crippen molar-refractivity contribution in [3.63, 3.8) is 0 Å². The predicted octanol–water partition coefficient (Wildman–Crippen LogP) is 2.73. The summed E-state index contributed by atoms with van der Waals surface area (Å²) in [6.45, 7) is 2.56. The van der Waals surface area contributed by atoms with Crippen LogP contribution in [0.3, 0.4) is 0 Å². The molecule has 0 radical (unpaired) electrons. The third-order valence-electron chi connectivity index (χ3n) is 5.17. The molecular weight excluding hydrogens is 385 g/mol. The van der Waals surface area contributed by atoms with Crippen molar-refractivity contribution in [1.82, 2.24) is 24.7 Å². The first-order chi connectivity index (χ1) is 13.8. The second-order valence-corrected chi connectivity index (χ2v) is 7.34. The number of imidazole rings is 1. The van der Waals surface area contributed by atoms with Gasteiger partial charge in [-0.2, -0.15) is 13.2 Å². The summed E-state index contributed by atoms with van der Waals surface area (Å²) in [4.78, 5) is 13.0. The van der Waals surface area contributed by atoms with Gasteiger partial charge in [-0.15, -0.1) is 0 Å². The van der Waals surface area contributed by atoms with Gasteiger partial charge in [0.15, 0.2) is 5.60 Å². The van der Waals surface area contributed by atoms with Gasteiger partial charge in [-0.3, -0.25) is 9.38 Å². The Morgan fingerprint density at radius 2 is 2.07 bits per heavy atom. The Morgan fingerprint density at radius 1 is 1.24 bits per heavy atom. The van der Waals surface area contributed by atoms with Crippen LogP contribution in [0.1, 0.15) is 25.3 Å². The maximum absolute atomic E-state index is 13.2. The van der Waals surface area contributed by atoms with Crippen LogP contribution in [0, 0.1) is 0 Å². The van der Waals surface area contributed by atoms with E-state index in [1.54, 1.807) is 6.20 Å². The van der Waals surface area contributed by atoms with E-state index in [1.165, 1.54) is 35.1 Å². The van der Waals surface area contributed by atoms with Gasteiger partial charge >= 0.3 is 6.18 Å². The van der Waals surface area contributed by atoms with Crippen molar-refractivity contribution in [3.05, 3.63) is 42.5 Å². The zero-order valence-corrected chi connectivity index (χ0v) is 15.7. The standard InChI is InChI=1S/C19H21F3N6O/c1-18(29,19(20,21)22)12-4-5-17-25-9-15(28(17)11-12)14-8-24-10-16(27-14)26-13-3-2-6-23-7-13/h4-5,8-11,13,23,29H,2-3,6-7H2,1H3,(H,26,27)/t13-,18+/m1/s1. The highest BCUT2D eigenvalue weighted by molar-refractivity contribution is 5.61. The molecule has 1 fully saturated rings. The normalized spacial score (nSPS) is 19.8. The van der Waals surface area contributed by atoms with E-state index in [1.807, 2.05) is 0 Å². The summed E-state index contributed by atoms with van der Waals surface area (Å²) in [5.41, 5.74) is -1.87. The number of nitrogens with one attached hydrogen (secondary N) is 2. The third kappa shape index (κ3) is 3.77. The number of piperidine rings is 1. The van der Waals surface area contributed by atoms with Crippen molar-refractivity contribution < 1.29 is 18.3 Å². The summed E-state index contributed by atoms with van der Waals surface area (Å²) in [7, 11) is 0. The molecular formula is C19H21F3N6O. The average Bonchev–Trinajstić information content (AvgIpc) is 3.11. The van der Waals surface area contributed by atoms with E-state index in [0.29, 0.717) is 22.9 Å². The van der Waals surface area contributed by atoms with Crippen LogP contribution < -0.4 is 10.6 Å². The van der Waals surface area contributed by atoms with Crippen LogP contribution in [0.15, 0.2) is 36.9 Å².